The maximum atomic E-state index is 9.02. The van der Waals surface area contributed by atoms with Crippen LogP contribution >= 0.6 is 0 Å². The Morgan fingerprint density at radius 3 is 2.84 bits per heavy atom. The van der Waals surface area contributed by atoms with Gasteiger partial charge in [-0.25, -0.2) is 0 Å². The molecule has 1 aromatic carbocycles. The molecule has 0 atom stereocenters. The second-order valence-electron chi connectivity index (χ2n) is 4.64. The number of hydrogen-bond acceptors (Lipinski definition) is 4. The minimum Gasteiger partial charge on any atom is -0.508 e. The molecule has 0 saturated carbocycles. The summed E-state index contributed by atoms with van der Waals surface area (Å²) in [5.74, 6) is 0. The molecule has 0 spiro atoms. The fraction of sp³-hybridized carbons (Fsp3) is 0.429. The van der Waals surface area contributed by atoms with Crippen LogP contribution in [0, 0.1) is 12.3 Å². The molecule has 1 fully saturated rings. The Hall–Kier alpha value is -1.90. The number of nitrogens with zero attached hydrogens (tertiary/aromatic N) is 3. The van der Waals surface area contributed by atoms with Crippen LogP contribution in [0.3, 0.4) is 0 Å². The quantitative estimate of drug-likeness (QED) is 0.670. The van der Waals surface area contributed by atoms with E-state index in [4.69, 9.17) is 15.2 Å². The Labute approximate surface area is 112 Å². The predicted octanol–water partition coefficient (Wildman–Crippen LogP) is 2.54. The van der Waals surface area contributed by atoms with Crippen LogP contribution in [0.2, 0.25) is 0 Å². The third-order valence-corrected chi connectivity index (χ3v) is 3.37. The van der Waals surface area contributed by atoms with Crippen LogP contribution in [0.1, 0.15) is 16.7 Å². The van der Waals surface area contributed by atoms with Gasteiger partial charge in [-0.1, -0.05) is 6.07 Å². The molecule has 2 rings (SSSR count). The third kappa shape index (κ3) is 3.31. The van der Waals surface area contributed by atoms with E-state index >= 15 is 0 Å². The molecule has 1 saturated heterocycles. The first-order valence-corrected chi connectivity index (χ1v) is 6.34. The molecule has 1 aliphatic heterocycles. The Morgan fingerprint density at radius 1 is 1.47 bits per heavy atom. The summed E-state index contributed by atoms with van der Waals surface area (Å²) in [6, 6.07) is 5.76. The van der Waals surface area contributed by atoms with Crippen LogP contribution in [0.5, 0.6) is 0 Å². The zero-order valence-corrected chi connectivity index (χ0v) is 11.0. The van der Waals surface area contributed by atoms with Crippen LogP contribution in [-0.2, 0) is 11.3 Å². The van der Waals surface area contributed by atoms with Crippen LogP contribution in [0.25, 0.3) is 10.7 Å². The molecule has 1 aromatic rings. The molecule has 19 heavy (non-hydrogen) atoms. The first kappa shape index (κ1) is 13.5. The number of ether oxygens (including phenoxy) is 1. The molecule has 0 aromatic heterocycles. The van der Waals surface area contributed by atoms with Gasteiger partial charge in [0.1, 0.15) is 0 Å². The highest BCUT2D eigenvalue weighted by Gasteiger charge is 2.17. The van der Waals surface area contributed by atoms with Gasteiger partial charge >= 0.3 is 5.70 Å². The Morgan fingerprint density at radius 2 is 2.21 bits per heavy atom. The van der Waals surface area contributed by atoms with E-state index in [1.54, 1.807) is 0 Å². The van der Waals surface area contributed by atoms with Crippen molar-refractivity contribution >= 4 is 5.70 Å². The Balaban J connectivity index is 2.19. The highest BCUT2D eigenvalue weighted by atomic mass is 16.5. The zero-order valence-electron chi connectivity index (χ0n) is 11.0. The molecule has 0 aliphatic carbocycles. The topological polar surface area (TPSA) is 60.8 Å². The number of benzene rings is 1. The van der Waals surface area contributed by atoms with Crippen LogP contribution in [0.4, 0.5) is 0 Å². The molecule has 0 unspecified atom stereocenters. The maximum absolute atomic E-state index is 9.02. The van der Waals surface area contributed by atoms with Gasteiger partial charge in [-0.05, 0) is 30.2 Å². The van der Waals surface area contributed by atoms with Crippen molar-refractivity contribution in [3.8, 4) is 0 Å². The van der Waals surface area contributed by atoms with Crippen molar-refractivity contribution < 1.29 is 9.84 Å². The van der Waals surface area contributed by atoms with Gasteiger partial charge in [0, 0.05) is 19.6 Å². The van der Waals surface area contributed by atoms with Gasteiger partial charge in [-0.15, -0.1) is 0 Å². The van der Waals surface area contributed by atoms with Crippen molar-refractivity contribution in [3.05, 3.63) is 46.1 Å². The molecule has 0 radical (unpaired) electrons. The first-order chi connectivity index (χ1) is 9.24. The molecular weight excluding hydrogens is 242 g/mol. The van der Waals surface area contributed by atoms with Gasteiger partial charge < -0.3 is 9.84 Å². The highest BCUT2D eigenvalue weighted by Crippen LogP contribution is 2.20. The number of rotatable bonds is 3. The van der Waals surface area contributed by atoms with Gasteiger partial charge in [0.05, 0.1) is 18.8 Å². The largest absolute Gasteiger partial charge is 0.508 e. The number of hydrogen-bond donors (Lipinski definition) is 1. The number of diazo groups is 1. The lowest BCUT2D eigenvalue weighted by Crippen LogP contribution is -2.35. The van der Waals surface area contributed by atoms with Crippen LogP contribution in [0.15, 0.2) is 24.5 Å². The van der Waals surface area contributed by atoms with Gasteiger partial charge in [0.2, 0.25) is 5.39 Å². The first-order valence-electron chi connectivity index (χ1n) is 6.34. The van der Waals surface area contributed by atoms with Crippen LogP contribution < -0.4 is 0 Å². The van der Waals surface area contributed by atoms with E-state index in [0.29, 0.717) is 5.56 Å². The fourth-order valence-electron chi connectivity index (χ4n) is 2.16. The van der Waals surface area contributed by atoms with E-state index in [2.05, 4.69) is 16.8 Å². The van der Waals surface area contributed by atoms with Crippen molar-refractivity contribution in [2.24, 2.45) is 0 Å². The second-order valence-corrected chi connectivity index (χ2v) is 4.64. The normalized spacial score (nSPS) is 17.2. The summed E-state index contributed by atoms with van der Waals surface area (Å²) in [6.45, 7) is 6.29. The average Bonchev–Trinajstić information content (AvgIpc) is 2.45. The monoisotopic (exact) mass is 260 g/mol. The lowest BCUT2D eigenvalue weighted by atomic mass is 10.0. The average molecular weight is 260 g/mol. The Bertz CT molecular complexity index is 514. The number of aryl methyl sites for hydroxylation is 1. The van der Waals surface area contributed by atoms with Gasteiger partial charge in [-0.2, -0.15) is 0 Å². The third-order valence-electron chi connectivity index (χ3n) is 3.37. The smallest absolute Gasteiger partial charge is 0.425 e. The summed E-state index contributed by atoms with van der Waals surface area (Å²) in [5.41, 5.74) is 3.23. The van der Waals surface area contributed by atoms with Crippen molar-refractivity contribution in [1.29, 1.82) is 5.39 Å². The van der Waals surface area contributed by atoms with Crippen molar-refractivity contribution in [2.75, 3.05) is 26.3 Å². The van der Waals surface area contributed by atoms with Gasteiger partial charge in [-0.3, -0.25) is 4.90 Å². The summed E-state index contributed by atoms with van der Waals surface area (Å²) in [7, 11) is 0. The molecule has 0 bridgehead atoms. The van der Waals surface area contributed by atoms with E-state index < -0.39 is 0 Å². The second kappa shape index (κ2) is 6.32. The predicted molar refractivity (Wildman–Crippen MR) is 73.0 cm³/mol. The summed E-state index contributed by atoms with van der Waals surface area (Å²) in [6.07, 6.45) is 0.809. The molecular formula is C14H18N3O2+. The standard InChI is InChI=1S/C14H17N3O2/c1-11-2-3-12(14(10-18)16-15)8-13(11)9-17-4-6-19-7-5-17/h2-3,8,10H,4-7,9H2,1H3/p+1/b14-10-. The molecule has 0 amide bonds. The van der Waals surface area contributed by atoms with Crippen LogP contribution in [-0.4, -0.2) is 36.3 Å². The number of aliphatic hydroxyl groups excluding tert-OH is 1. The molecule has 1 heterocycles. The number of morpholine rings is 1. The van der Waals surface area contributed by atoms with E-state index in [0.717, 1.165) is 39.1 Å². The van der Waals surface area contributed by atoms with Gasteiger partial charge in [0.25, 0.3) is 0 Å². The summed E-state index contributed by atoms with van der Waals surface area (Å²) in [5, 5.41) is 17.8. The summed E-state index contributed by atoms with van der Waals surface area (Å²) >= 11 is 0. The molecule has 100 valence electrons. The molecule has 1 N–H and O–H groups in total. The van der Waals surface area contributed by atoms with Gasteiger partial charge in [0.15, 0.2) is 11.2 Å². The SMILES string of the molecule is Cc1ccc(/C(=C/O)[N+]#N)cc1CN1CCOCC1. The van der Waals surface area contributed by atoms with E-state index in [-0.39, 0.29) is 5.70 Å². The number of aliphatic hydroxyl groups is 1. The minimum absolute atomic E-state index is 0.170. The fourth-order valence-corrected chi connectivity index (χ4v) is 2.16. The summed E-state index contributed by atoms with van der Waals surface area (Å²) in [4.78, 5) is 5.40. The van der Waals surface area contributed by atoms with E-state index in [1.807, 2.05) is 18.2 Å². The van der Waals surface area contributed by atoms with E-state index in [1.165, 1.54) is 11.1 Å². The Kier molecular flexibility index (Phi) is 4.50. The minimum atomic E-state index is 0.170. The molecule has 1 aliphatic rings. The van der Waals surface area contributed by atoms with Crippen molar-refractivity contribution in [1.82, 2.24) is 4.90 Å². The van der Waals surface area contributed by atoms with Crippen molar-refractivity contribution in [3.63, 3.8) is 0 Å². The summed E-state index contributed by atoms with van der Waals surface area (Å²) < 4.78 is 5.33. The lowest BCUT2D eigenvalue weighted by Gasteiger charge is -2.27. The zero-order chi connectivity index (χ0) is 13.7. The maximum Gasteiger partial charge on any atom is 0.425 e. The van der Waals surface area contributed by atoms with Crippen molar-refractivity contribution in [2.45, 2.75) is 13.5 Å². The lowest BCUT2D eigenvalue weighted by molar-refractivity contribution is 0.0341. The molecule has 5 nitrogen and oxygen atoms in total. The highest BCUT2D eigenvalue weighted by molar-refractivity contribution is 5.69. The molecule has 5 heteroatoms. The van der Waals surface area contributed by atoms with E-state index in [9.17, 15) is 0 Å².